The van der Waals surface area contributed by atoms with Gasteiger partial charge in [0.2, 0.25) is 5.43 Å². The quantitative estimate of drug-likeness (QED) is 0.129. The molecule has 0 atom stereocenters. The molecule has 4 nitrogen and oxygen atoms in total. The van der Waals surface area contributed by atoms with E-state index in [1.807, 2.05) is 6.07 Å². The van der Waals surface area contributed by atoms with Crippen molar-refractivity contribution in [2.45, 2.75) is 39.0 Å². The van der Waals surface area contributed by atoms with Crippen molar-refractivity contribution in [3.8, 4) is 16.9 Å². The SMILES string of the molecule is CCCCCCc1cc2c(=O)c(-c3ccc(Cl)cc3)coc2cc1OC(=O)c1cccc(Br)c1. The van der Waals surface area contributed by atoms with Crippen LogP contribution in [0, 0.1) is 0 Å². The van der Waals surface area contributed by atoms with Crippen LogP contribution in [-0.2, 0) is 6.42 Å². The zero-order valence-electron chi connectivity index (χ0n) is 18.8. The Bertz CT molecular complexity index is 1380. The van der Waals surface area contributed by atoms with E-state index in [1.165, 1.54) is 6.26 Å². The van der Waals surface area contributed by atoms with Gasteiger partial charge in [0, 0.05) is 15.6 Å². The van der Waals surface area contributed by atoms with Gasteiger partial charge in [-0.05, 0) is 60.4 Å². The van der Waals surface area contributed by atoms with Gasteiger partial charge in [0.05, 0.1) is 16.5 Å². The topological polar surface area (TPSA) is 56.5 Å². The minimum atomic E-state index is -0.462. The lowest BCUT2D eigenvalue weighted by Gasteiger charge is -2.12. The second-order valence-electron chi connectivity index (χ2n) is 8.15. The van der Waals surface area contributed by atoms with Crippen LogP contribution < -0.4 is 10.2 Å². The Kier molecular flexibility index (Phi) is 7.86. The molecule has 1 heterocycles. The number of esters is 1. The van der Waals surface area contributed by atoms with Crippen molar-refractivity contribution in [3.63, 3.8) is 0 Å². The summed E-state index contributed by atoms with van der Waals surface area (Å²) in [5.41, 5.74) is 2.67. The molecule has 6 heteroatoms. The van der Waals surface area contributed by atoms with Crippen LogP contribution >= 0.6 is 27.5 Å². The first-order chi connectivity index (χ1) is 16.5. The van der Waals surface area contributed by atoms with Gasteiger partial charge in [0.25, 0.3) is 0 Å². The standard InChI is InChI=1S/C28H24BrClO4/c1-2-3-4-5-7-19-15-23-26(16-25(19)34-28(32)20-8-6-9-21(29)14-20)33-17-24(27(23)31)18-10-12-22(30)13-11-18/h6,8-17H,2-5,7H2,1H3. The van der Waals surface area contributed by atoms with Crippen molar-refractivity contribution in [2.75, 3.05) is 0 Å². The van der Waals surface area contributed by atoms with Gasteiger partial charge >= 0.3 is 5.97 Å². The van der Waals surface area contributed by atoms with Crippen LogP contribution in [0.2, 0.25) is 5.02 Å². The third-order valence-electron chi connectivity index (χ3n) is 5.67. The van der Waals surface area contributed by atoms with E-state index in [4.69, 9.17) is 20.8 Å². The van der Waals surface area contributed by atoms with Gasteiger partial charge in [-0.15, -0.1) is 0 Å². The maximum Gasteiger partial charge on any atom is 0.343 e. The number of ether oxygens (including phenoxy) is 1. The lowest BCUT2D eigenvalue weighted by molar-refractivity contribution is 0.0733. The number of carbonyl (C=O) groups excluding carboxylic acids is 1. The van der Waals surface area contributed by atoms with E-state index in [0.29, 0.717) is 39.3 Å². The molecular weight excluding hydrogens is 516 g/mol. The summed E-state index contributed by atoms with van der Waals surface area (Å²) in [5, 5.41) is 1.06. The van der Waals surface area contributed by atoms with E-state index in [-0.39, 0.29) is 5.43 Å². The maximum atomic E-state index is 13.3. The van der Waals surface area contributed by atoms with Gasteiger partial charge in [0.15, 0.2) is 0 Å². The Hall–Kier alpha value is -2.89. The summed E-state index contributed by atoms with van der Waals surface area (Å²) in [7, 11) is 0. The van der Waals surface area contributed by atoms with Crippen molar-refractivity contribution < 1.29 is 13.9 Å². The molecule has 4 rings (SSSR count). The van der Waals surface area contributed by atoms with Gasteiger partial charge in [-0.2, -0.15) is 0 Å². The molecule has 4 aromatic rings. The van der Waals surface area contributed by atoms with Gasteiger partial charge in [0.1, 0.15) is 17.6 Å². The van der Waals surface area contributed by atoms with E-state index < -0.39 is 5.97 Å². The van der Waals surface area contributed by atoms with Crippen molar-refractivity contribution in [1.29, 1.82) is 0 Å². The highest BCUT2D eigenvalue weighted by Crippen LogP contribution is 2.29. The summed E-state index contributed by atoms with van der Waals surface area (Å²) in [4.78, 5) is 26.1. The summed E-state index contributed by atoms with van der Waals surface area (Å²) in [5.74, 6) is -0.0491. The molecule has 1 aromatic heterocycles. The molecule has 0 aliphatic carbocycles. The molecular formula is C28H24BrClO4. The fourth-order valence-corrected chi connectivity index (χ4v) is 4.36. The molecule has 0 saturated heterocycles. The van der Waals surface area contributed by atoms with E-state index in [2.05, 4.69) is 22.9 Å². The Balaban J connectivity index is 1.74. The van der Waals surface area contributed by atoms with E-state index >= 15 is 0 Å². The zero-order chi connectivity index (χ0) is 24.1. The third kappa shape index (κ3) is 5.60. The smallest absolute Gasteiger partial charge is 0.343 e. The number of aryl methyl sites for hydroxylation is 1. The third-order valence-corrected chi connectivity index (χ3v) is 6.42. The average molecular weight is 540 g/mol. The first kappa shape index (κ1) is 24.2. The lowest BCUT2D eigenvalue weighted by atomic mass is 10.0. The molecule has 0 radical (unpaired) electrons. The molecule has 0 bridgehead atoms. The molecule has 0 saturated carbocycles. The largest absolute Gasteiger partial charge is 0.463 e. The number of halogens is 2. The molecule has 0 amide bonds. The Morgan fingerprint density at radius 1 is 1.03 bits per heavy atom. The molecule has 0 aliphatic rings. The van der Waals surface area contributed by atoms with Crippen LogP contribution in [0.15, 0.2) is 80.6 Å². The molecule has 0 N–H and O–H groups in total. The Labute approximate surface area is 211 Å². The predicted octanol–water partition coefficient (Wildman–Crippen LogP) is 8.22. The second kappa shape index (κ2) is 11.0. The van der Waals surface area contributed by atoms with Crippen LogP contribution in [0.5, 0.6) is 5.75 Å². The van der Waals surface area contributed by atoms with E-state index in [1.54, 1.807) is 54.6 Å². The highest BCUT2D eigenvalue weighted by Gasteiger charge is 2.17. The second-order valence-corrected chi connectivity index (χ2v) is 9.50. The fraction of sp³-hybridized carbons (Fsp3) is 0.214. The minimum absolute atomic E-state index is 0.136. The summed E-state index contributed by atoms with van der Waals surface area (Å²) in [6, 6.07) is 17.6. The fourth-order valence-electron chi connectivity index (χ4n) is 3.84. The van der Waals surface area contributed by atoms with Crippen molar-refractivity contribution in [3.05, 3.63) is 97.8 Å². The van der Waals surface area contributed by atoms with Crippen molar-refractivity contribution in [2.24, 2.45) is 0 Å². The normalized spacial score (nSPS) is 11.0. The molecule has 174 valence electrons. The average Bonchev–Trinajstić information content (AvgIpc) is 2.83. The Morgan fingerprint density at radius 3 is 2.56 bits per heavy atom. The van der Waals surface area contributed by atoms with Crippen LogP contribution in [0.3, 0.4) is 0 Å². The highest BCUT2D eigenvalue weighted by atomic mass is 79.9. The summed E-state index contributed by atoms with van der Waals surface area (Å²) in [6.07, 6.45) is 6.38. The number of rotatable bonds is 8. The first-order valence-corrected chi connectivity index (χ1v) is 12.5. The monoisotopic (exact) mass is 538 g/mol. The molecule has 0 spiro atoms. The highest BCUT2D eigenvalue weighted by molar-refractivity contribution is 9.10. The molecule has 0 aliphatic heterocycles. The molecule has 0 fully saturated rings. The molecule has 0 unspecified atom stereocenters. The predicted molar refractivity (Wildman–Crippen MR) is 140 cm³/mol. The number of unbranched alkanes of at least 4 members (excludes halogenated alkanes) is 3. The van der Waals surface area contributed by atoms with Crippen LogP contribution in [0.25, 0.3) is 22.1 Å². The van der Waals surface area contributed by atoms with Crippen LogP contribution in [-0.4, -0.2) is 5.97 Å². The number of hydrogen-bond acceptors (Lipinski definition) is 4. The summed E-state index contributed by atoms with van der Waals surface area (Å²) >= 11 is 9.38. The van der Waals surface area contributed by atoms with Crippen molar-refractivity contribution >= 4 is 44.5 Å². The first-order valence-electron chi connectivity index (χ1n) is 11.3. The number of benzene rings is 3. The van der Waals surface area contributed by atoms with Gasteiger partial charge in [-0.25, -0.2) is 4.79 Å². The number of hydrogen-bond donors (Lipinski definition) is 0. The number of fused-ring (bicyclic) bond motifs is 1. The maximum absolute atomic E-state index is 13.3. The zero-order valence-corrected chi connectivity index (χ0v) is 21.1. The van der Waals surface area contributed by atoms with Crippen molar-refractivity contribution in [1.82, 2.24) is 0 Å². The molecule has 3 aromatic carbocycles. The van der Waals surface area contributed by atoms with E-state index in [9.17, 15) is 9.59 Å². The summed E-state index contributed by atoms with van der Waals surface area (Å²) in [6.45, 7) is 2.16. The van der Waals surface area contributed by atoms with Gasteiger partial charge < -0.3 is 9.15 Å². The van der Waals surface area contributed by atoms with Gasteiger partial charge in [-0.1, -0.05) is 71.9 Å². The van der Waals surface area contributed by atoms with Gasteiger partial charge in [-0.3, -0.25) is 4.79 Å². The Morgan fingerprint density at radius 2 is 1.82 bits per heavy atom. The van der Waals surface area contributed by atoms with Crippen LogP contribution in [0.4, 0.5) is 0 Å². The minimum Gasteiger partial charge on any atom is -0.463 e. The van der Waals surface area contributed by atoms with E-state index in [0.717, 1.165) is 41.3 Å². The van der Waals surface area contributed by atoms with Crippen LogP contribution in [0.1, 0.15) is 48.5 Å². The lowest BCUT2D eigenvalue weighted by Crippen LogP contribution is -2.11. The number of carbonyl (C=O) groups is 1. The molecule has 34 heavy (non-hydrogen) atoms. The summed E-state index contributed by atoms with van der Waals surface area (Å²) < 4.78 is 12.4.